The summed E-state index contributed by atoms with van der Waals surface area (Å²) in [7, 11) is 0. The van der Waals surface area contributed by atoms with Crippen LogP contribution in [0.1, 0.15) is 5.56 Å². The Morgan fingerprint density at radius 1 is 0.964 bits per heavy atom. The molecule has 3 heterocycles. The zero-order valence-corrected chi connectivity index (χ0v) is 15.6. The third kappa shape index (κ3) is 2.99. The normalized spacial score (nSPS) is 14.7. The van der Waals surface area contributed by atoms with Crippen molar-refractivity contribution < 1.29 is 4.79 Å². The summed E-state index contributed by atoms with van der Waals surface area (Å²) in [5.41, 5.74) is 4.34. The number of para-hydroxylation sites is 2. The van der Waals surface area contributed by atoms with Crippen LogP contribution < -0.4 is 4.90 Å². The molecule has 1 amide bonds. The van der Waals surface area contributed by atoms with Crippen molar-refractivity contribution in [2.75, 3.05) is 31.1 Å². The number of nitrogens with one attached hydrogen (secondary N) is 1. The summed E-state index contributed by atoms with van der Waals surface area (Å²) in [6, 6.07) is 18.5. The van der Waals surface area contributed by atoms with E-state index in [1.807, 2.05) is 41.6 Å². The number of nitrogens with zero attached hydrogens (tertiary/aromatic N) is 3. The Kier molecular flexibility index (Phi) is 4.20. The lowest BCUT2D eigenvalue weighted by molar-refractivity contribution is -0.130. The summed E-state index contributed by atoms with van der Waals surface area (Å²) in [5.74, 6) is 0.195. The highest BCUT2D eigenvalue weighted by molar-refractivity contribution is 5.91. The van der Waals surface area contributed by atoms with E-state index in [0.29, 0.717) is 6.42 Å². The molecule has 1 fully saturated rings. The van der Waals surface area contributed by atoms with Crippen molar-refractivity contribution in [3.8, 4) is 0 Å². The number of anilines is 1. The van der Waals surface area contributed by atoms with Crippen LogP contribution in [0, 0.1) is 0 Å². The Bertz CT molecular complexity index is 1140. The van der Waals surface area contributed by atoms with E-state index in [-0.39, 0.29) is 5.91 Å². The number of carbonyl (C=O) groups is 1. The SMILES string of the molecule is O=C(Cc1c[nH]c2ccccc12)N1CCN(c2cccc3cccnc23)CC1. The van der Waals surface area contributed by atoms with Crippen LogP contribution in [0.25, 0.3) is 21.8 Å². The predicted octanol–water partition coefficient (Wildman–Crippen LogP) is 3.61. The number of benzene rings is 2. The van der Waals surface area contributed by atoms with Crippen molar-refractivity contribution in [2.24, 2.45) is 0 Å². The van der Waals surface area contributed by atoms with Crippen LogP contribution in [-0.2, 0) is 11.2 Å². The molecule has 1 aliphatic heterocycles. The molecule has 0 unspecified atom stereocenters. The van der Waals surface area contributed by atoms with Gasteiger partial charge in [-0.2, -0.15) is 0 Å². The Morgan fingerprint density at radius 2 is 1.79 bits per heavy atom. The predicted molar refractivity (Wildman–Crippen MR) is 113 cm³/mol. The molecule has 0 atom stereocenters. The number of aromatic nitrogens is 2. The van der Waals surface area contributed by atoms with Crippen LogP contribution in [0.4, 0.5) is 5.69 Å². The first kappa shape index (κ1) is 16.8. The highest BCUT2D eigenvalue weighted by Gasteiger charge is 2.23. The maximum absolute atomic E-state index is 12.8. The van der Waals surface area contributed by atoms with E-state index in [0.717, 1.165) is 59.2 Å². The van der Waals surface area contributed by atoms with Crippen LogP contribution >= 0.6 is 0 Å². The van der Waals surface area contributed by atoms with Gasteiger partial charge in [-0.25, -0.2) is 0 Å². The van der Waals surface area contributed by atoms with Gasteiger partial charge in [-0.1, -0.05) is 36.4 Å². The first-order chi connectivity index (χ1) is 13.8. The zero-order valence-electron chi connectivity index (χ0n) is 15.6. The smallest absolute Gasteiger partial charge is 0.227 e. The lowest BCUT2D eigenvalue weighted by Gasteiger charge is -2.36. The molecule has 0 bridgehead atoms. The summed E-state index contributed by atoms with van der Waals surface area (Å²) < 4.78 is 0. The second-order valence-corrected chi connectivity index (χ2v) is 7.26. The topological polar surface area (TPSA) is 52.2 Å². The molecule has 0 aliphatic carbocycles. The van der Waals surface area contributed by atoms with E-state index < -0.39 is 0 Å². The van der Waals surface area contributed by atoms with E-state index in [2.05, 4.69) is 45.2 Å². The number of pyridine rings is 1. The molecule has 4 aromatic rings. The van der Waals surface area contributed by atoms with Crippen molar-refractivity contribution in [1.29, 1.82) is 0 Å². The van der Waals surface area contributed by atoms with E-state index in [1.54, 1.807) is 0 Å². The van der Waals surface area contributed by atoms with Crippen LogP contribution in [0.15, 0.2) is 67.0 Å². The molecule has 2 aromatic heterocycles. The fourth-order valence-corrected chi connectivity index (χ4v) is 4.09. The van der Waals surface area contributed by atoms with Crippen molar-refractivity contribution in [1.82, 2.24) is 14.9 Å². The van der Waals surface area contributed by atoms with Gasteiger partial charge in [-0.05, 0) is 23.8 Å². The fourth-order valence-electron chi connectivity index (χ4n) is 4.09. The van der Waals surface area contributed by atoms with Gasteiger partial charge in [0.15, 0.2) is 0 Å². The van der Waals surface area contributed by atoms with Gasteiger partial charge in [0.25, 0.3) is 0 Å². The third-order valence-electron chi connectivity index (χ3n) is 5.60. The molecule has 2 aromatic carbocycles. The lowest BCUT2D eigenvalue weighted by Crippen LogP contribution is -2.49. The van der Waals surface area contributed by atoms with Gasteiger partial charge in [-0.3, -0.25) is 9.78 Å². The maximum Gasteiger partial charge on any atom is 0.227 e. The van der Waals surface area contributed by atoms with Crippen LogP contribution in [0.2, 0.25) is 0 Å². The Balaban J connectivity index is 1.28. The molecular formula is C23H22N4O. The van der Waals surface area contributed by atoms with Gasteiger partial charge in [0.2, 0.25) is 5.91 Å². The minimum Gasteiger partial charge on any atom is -0.366 e. The van der Waals surface area contributed by atoms with E-state index >= 15 is 0 Å². The Labute approximate surface area is 163 Å². The van der Waals surface area contributed by atoms with Gasteiger partial charge in [0, 0.05) is 54.9 Å². The number of hydrogen-bond acceptors (Lipinski definition) is 3. The molecule has 0 saturated carbocycles. The zero-order chi connectivity index (χ0) is 18.9. The second-order valence-electron chi connectivity index (χ2n) is 7.26. The largest absolute Gasteiger partial charge is 0.366 e. The first-order valence-corrected chi connectivity index (χ1v) is 9.71. The molecule has 1 aliphatic rings. The number of carbonyl (C=O) groups excluding carboxylic acids is 1. The number of hydrogen-bond donors (Lipinski definition) is 1. The molecule has 28 heavy (non-hydrogen) atoms. The summed E-state index contributed by atoms with van der Waals surface area (Å²) in [5, 5.41) is 2.29. The Morgan fingerprint density at radius 3 is 2.68 bits per heavy atom. The molecule has 0 spiro atoms. The quantitative estimate of drug-likeness (QED) is 0.599. The van der Waals surface area contributed by atoms with Crippen molar-refractivity contribution in [3.63, 3.8) is 0 Å². The number of amides is 1. The van der Waals surface area contributed by atoms with Gasteiger partial charge < -0.3 is 14.8 Å². The van der Waals surface area contributed by atoms with Gasteiger partial charge in [0.05, 0.1) is 17.6 Å². The number of aromatic amines is 1. The summed E-state index contributed by atoms with van der Waals surface area (Å²) in [6.45, 7) is 3.14. The van der Waals surface area contributed by atoms with Crippen molar-refractivity contribution >= 4 is 33.4 Å². The Hall–Kier alpha value is -3.34. The van der Waals surface area contributed by atoms with Crippen molar-refractivity contribution in [3.05, 3.63) is 72.6 Å². The highest BCUT2D eigenvalue weighted by atomic mass is 16.2. The van der Waals surface area contributed by atoms with Crippen molar-refractivity contribution in [2.45, 2.75) is 6.42 Å². The summed E-state index contributed by atoms with van der Waals surface area (Å²) in [4.78, 5) is 25.0. The monoisotopic (exact) mass is 370 g/mol. The average Bonchev–Trinajstić information content (AvgIpc) is 3.16. The van der Waals surface area contributed by atoms with Crippen LogP contribution in [0.3, 0.4) is 0 Å². The molecule has 1 saturated heterocycles. The second kappa shape index (κ2) is 7.00. The van der Waals surface area contributed by atoms with E-state index in [1.165, 1.54) is 0 Å². The highest BCUT2D eigenvalue weighted by Crippen LogP contribution is 2.26. The lowest BCUT2D eigenvalue weighted by atomic mass is 10.1. The standard InChI is InChI=1S/C23H22N4O/c28-22(15-18-16-25-20-8-2-1-7-19(18)20)27-13-11-26(12-14-27)21-9-3-5-17-6-4-10-24-23(17)21/h1-10,16,25H,11-15H2. The van der Waals surface area contributed by atoms with Crippen LogP contribution in [0.5, 0.6) is 0 Å². The van der Waals surface area contributed by atoms with Gasteiger partial charge in [-0.15, -0.1) is 0 Å². The third-order valence-corrected chi connectivity index (χ3v) is 5.60. The molecule has 5 heteroatoms. The average molecular weight is 370 g/mol. The molecule has 140 valence electrons. The minimum absolute atomic E-state index is 0.195. The van der Waals surface area contributed by atoms with E-state index in [4.69, 9.17) is 0 Å². The molecule has 5 rings (SSSR count). The van der Waals surface area contributed by atoms with Gasteiger partial charge >= 0.3 is 0 Å². The number of H-pyrrole nitrogens is 1. The molecule has 1 N–H and O–H groups in total. The maximum atomic E-state index is 12.8. The first-order valence-electron chi connectivity index (χ1n) is 9.71. The molecule has 0 radical (unpaired) electrons. The number of fused-ring (bicyclic) bond motifs is 2. The number of piperazine rings is 1. The van der Waals surface area contributed by atoms with Gasteiger partial charge in [0.1, 0.15) is 0 Å². The summed E-state index contributed by atoms with van der Waals surface area (Å²) >= 11 is 0. The fraction of sp³-hybridized carbons (Fsp3) is 0.217. The summed E-state index contributed by atoms with van der Waals surface area (Å²) in [6.07, 6.45) is 4.24. The van der Waals surface area contributed by atoms with E-state index in [9.17, 15) is 4.79 Å². The number of rotatable bonds is 3. The minimum atomic E-state index is 0.195. The molecule has 5 nitrogen and oxygen atoms in total. The molecular weight excluding hydrogens is 348 g/mol. The van der Waals surface area contributed by atoms with Crippen LogP contribution in [-0.4, -0.2) is 47.0 Å².